The lowest BCUT2D eigenvalue weighted by molar-refractivity contribution is -0.123. The molecule has 0 fully saturated rings. The average Bonchev–Trinajstić information content (AvgIpc) is 2.37. The predicted octanol–water partition coefficient (Wildman–Crippen LogP) is 1.06. The van der Waals surface area contributed by atoms with Gasteiger partial charge in [-0.05, 0) is 31.5 Å². The molecular formula is C14H22N2O3. The van der Waals surface area contributed by atoms with Gasteiger partial charge in [0.15, 0.2) is 0 Å². The Labute approximate surface area is 114 Å². The molecule has 0 saturated carbocycles. The highest BCUT2D eigenvalue weighted by molar-refractivity contribution is 5.81. The monoisotopic (exact) mass is 266 g/mol. The first-order valence-electron chi connectivity index (χ1n) is 6.30. The van der Waals surface area contributed by atoms with Gasteiger partial charge in [-0.15, -0.1) is 0 Å². The van der Waals surface area contributed by atoms with Gasteiger partial charge in [-0.1, -0.05) is 12.1 Å². The molecule has 0 bridgehead atoms. The number of ether oxygens (including phenoxy) is 2. The molecule has 0 aliphatic rings. The van der Waals surface area contributed by atoms with E-state index in [4.69, 9.17) is 15.2 Å². The summed E-state index contributed by atoms with van der Waals surface area (Å²) in [6.07, 6.45) is 0.151. The second-order valence-electron chi connectivity index (χ2n) is 4.59. The number of amides is 1. The van der Waals surface area contributed by atoms with Gasteiger partial charge < -0.3 is 20.5 Å². The number of benzene rings is 1. The van der Waals surface area contributed by atoms with Gasteiger partial charge in [-0.25, -0.2) is 0 Å². The quantitative estimate of drug-likeness (QED) is 0.774. The van der Waals surface area contributed by atoms with Crippen molar-refractivity contribution in [1.82, 2.24) is 5.32 Å². The highest BCUT2D eigenvalue weighted by Crippen LogP contribution is 2.13. The van der Waals surface area contributed by atoms with E-state index >= 15 is 0 Å². The second-order valence-corrected chi connectivity index (χ2v) is 4.59. The molecule has 5 heteroatoms. The van der Waals surface area contributed by atoms with E-state index < -0.39 is 6.04 Å². The van der Waals surface area contributed by atoms with Crippen LogP contribution in [-0.4, -0.2) is 31.8 Å². The number of carbonyl (C=O) groups excluding carboxylic acids is 1. The summed E-state index contributed by atoms with van der Waals surface area (Å²) >= 11 is 0. The molecular weight excluding hydrogens is 244 g/mol. The maximum absolute atomic E-state index is 11.6. The van der Waals surface area contributed by atoms with Crippen molar-refractivity contribution in [1.29, 1.82) is 0 Å². The lowest BCUT2D eigenvalue weighted by Gasteiger charge is -2.12. The van der Waals surface area contributed by atoms with Gasteiger partial charge in [0.1, 0.15) is 11.8 Å². The smallest absolute Gasteiger partial charge is 0.239 e. The van der Waals surface area contributed by atoms with Gasteiger partial charge in [0.25, 0.3) is 0 Å². The fourth-order valence-corrected chi connectivity index (χ4v) is 1.53. The van der Waals surface area contributed by atoms with Crippen LogP contribution in [0.3, 0.4) is 0 Å². The van der Waals surface area contributed by atoms with Crippen molar-refractivity contribution < 1.29 is 14.3 Å². The number of hydrogen-bond acceptors (Lipinski definition) is 4. The van der Waals surface area contributed by atoms with E-state index in [9.17, 15) is 4.79 Å². The Morgan fingerprint density at radius 1 is 1.32 bits per heavy atom. The number of rotatable bonds is 7. The Hall–Kier alpha value is -1.59. The van der Waals surface area contributed by atoms with E-state index in [1.165, 1.54) is 7.11 Å². The van der Waals surface area contributed by atoms with Crippen molar-refractivity contribution in [3.63, 3.8) is 0 Å². The molecule has 0 radical (unpaired) electrons. The normalized spacial score (nSPS) is 12.3. The molecule has 1 rings (SSSR count). The van der Waals surface area contributed by atoms with E-state index in [0.717, 1.165) is 11.3 Å². The molecule has 5 nitrogen and oxygen atoms in total. The molecule has 0 aliphatic carbocycles. The largest absolute Gasteiger partial charge is 0.491 e. The zero-order valence-electron chi connectivity index (χ0n) is 11.7. The highest BCUT2D eigenvalue weighted by atomic mass is 16.5. The third kappa shape index (κ3) is 5.72. The van der Waals surface area contributed by atoms with Crippen LogP contribution >= 0.6 is 0 Å². The maximum Gasteiger partial charge on any atom is 0.239 e. The first kappa shape index (κ1) is 15.5. The Bertz CT molecular complexity index is 390. The number of nitrogens with one attached hydrogen (secondary N) is 1. The van der Waals surface area contributed by atoms with Crippen LogP contribution in [0.15, 0.2) is 24.3 Å². The lowest BCUT2D eigenvalue weighted by Crippen LogP contribution is -2.43. The summed E-state index contributed by atoms with van der Waals surface area (Å²) in [6, 6.07) is 6.97. The minimum atomic E-state index is -0.631. The third-order valence-corrected chi connectivity index (χ3v) is 2.44. The van der Waals surface area contributed by atoms with Crippen molar-refractivity contribution in [2.45, 2.75) is 32.5 Å². The average molecular weight is 266 g/mol. The molecule has 106 valence electrons. The molecule has 0 saturated heterocycles. The van der Waals surface area contributed by atoms with E-state index in [1.54, 1.807) is 0 Å². The van der Waals surface area contributed by atoms with Crippen LogP contribution in [0.1, 0.15) is 19.4 Å². The standard InChI is InChI=1S/C14H22N2O3/c1-10(2)19-12-6-4-11(5-7-12)8-16-14(17)13(15)9-18-3/h4-7,10,13H,8-9,15H2,1-3H3,(H,16,17). The zero-order chi connectivity index (χ0) is 14.3. The SMILES string of the molecule is COCC(N)C(=O)NCc1ccc(OC(C)C)cc1. The van der Waals surface area contributed by atoms with Gasteiger partial charge in [-0.3, -0.25) is 4.79 Å². The molecule has 0 spiro atoms. The molecule has 1 aromatic carbocycles. The van der Waals surface area contributed by atoms with Crippen molar-refractivity contribution in [3.8, 4) is 5.75 Å². The van der Waals surface area contributed by atoms with E-state index in [2.05, 4.69) is 5.32 Å². The Morgan fingerprint density at radius 2 is 1.95 bits per heavy atom. The van der Waals surface area contributed by atoms with Crippen molar-refractivity contribution in [2.75, 3.05) is 13.7 Å². The zero-order valence-corrected chi connectivity index (χ0v) is 11.7. The van der Waals surface area contributed by atoms with Crippen LogP contribution in [0.4, 0.5) is 0 Å². The van der Waals surface area contributed by atoms with Gasteiger partial charge in [-0.2, -0.15) is 0 Å². The fraction of sp³-hybridized carbons (Fsp3) is 0.500. The minimum absolute atomic E-state index is 0.151. The number of carbonyl (C=O) groups is 1. The molecule has 0 aromatic heterocycles. The summed E-state index contributed by atoms with van der Waals surface area (Å²) in [5, 5.41) is 2.76. The summed E-state index contributed by atoms with van der Waals surface area (Å²) in [7, 11) is 1.51. The van der Waals surface area contributed by atoms with Crippen LogP contribution in [0, 0.1) is 0 Å². The molecule has 3 N–H and O–H groups in total. The van der Waals surface area contributed by atoms with Crippen LogP contribution in [0.5, 0.6) is 5.75 Å². The summed E-state index contributed by atoms with van der Waals surface area (Å²) in [4.78, 5) is 11.6. The Balaban J connectivity index is 2.43. The Morgan fingerprint density at radius 3 is 2.47 bits per heavy atom. The van der Waals surface area contributed by atoms with E-state index in [-0.39, 0.29) is 18.6 Å². The van der Waals surface area contributed by atoms with Gasteiger partial charge in [0.05, 0.1) is 12.7 Å². The van der Waals surface area contributed by atoms with Crippen LogP contribution in [0.25, 0.3) is 0 Å². The summed E-state index contributed by atoms with van der Waals surface area (Å²) in [5.41, 5.74) is 6.61. The van der Waals surface area contributed by atoms with Crippen molar-refractivity contribution in [3.05, 3.63) is 29.8 Å². The molecule has 1 amide bonds. The number of methoxy groups -OCH3 is 1. The van der Waals surface area contributed by atoms with E-state index in [1.807, 2.05) is 38.1 Å². The van der Waals surface area contributed by atoms with Crippen molar-refractivity contribution >= 4 is 5.91 Å². The third-order valence-electron chi connectivity index (χ3n) is 2.44. The summed E-state index contributed by atoms with van der Waals surface area (Å²) in [6.45, 7) is 4.61. The van der Waals surface area contributed by atoms with Gasteiger partial charge in [0.2, 0.25) is 5.91 Å². The minimum Gasteiger partial charge on any atom is -0.491 e. The molecule has 0 aliphatic heterocycles. The first-order chi connectivity index (χ1) is 9.02. The van der Waals surface area contributed by atoms with Gasteiger partial charge >= 0.3 is 0 Å². The first-order valence-corrected chi connectivity index (χ1v) is 6.30. The van der Waals surface area contributed by atoms with Crippen LogP contribution in [0.2, 0.25) is 0 Å². The maximum atomic E-state index is 11.6. The predicted molar refractivity (Wildman–Crippen MR) is 73.9 cm³/mol. The fourth-order valence-electron chi connectivity index (χ4n) is 1.53. The molecule has 0 heterocycles. The summed E-state index contributed by atoms with van der Waals surface area (Å²) in [5.74, 6) is 0.602. The molecule has 1 atom stereocenters. The Kier molecular flexibility index (Phi) is 6.32. The summed E-state index contributed by atoms with van der Waals surface area (Å²) < 4.78 is 10.4. The molecule has 1 unspecified atom stereocenters. The lowest BCUT2D eigenvalue weighted by atomic mass is 10.2. The van der Waals surface area contributed by atoms with Crippen LogP contribution < -0.4 is 15.8 Å². The van der Waals surface area contributed by atoms with Crippen LogP contribution in [-0.2, 0) is 16.1 Å². The molecule has 19 heavy (non-hydrogen) atoms. The highest BCUT2D eigenvalue weighted by Gasteiger charge is 2.12. The topological polar surface area (TPSA) is 73.6 Å². The van der Waals surface area contributed by atoms with E-state index in [0.29, 0.717) is 6.54 Å². The second kappa shape index (κ2) is 7.76. The van der Waals surface area contributed by atoms with Crippen molar-refractivity contribution in [2.24, 2.45) is 5.73 Å². The van der Waals surface area contributed by atoms with Gasteiger partial charge in [0, 0.05) is 13.7 Å². The molecule has 1 aromatic rings. The number of nitrogens with two attached hydrogens (primary N) is 1. The number of hydrogen-bond donors (Lipinski definition) is 2.